The predicted octanol–water partition coefficient (Wildman–Crippen LogP) is 1.38. The SMILES string of the molecule is C[C@H]1OCCN[C@@H]1C(=O)NCCN1CCc2ccccc2C1.Cl.Cl. The van der Waals surface area contributed by atoms with Crippen molar-refractivity contribution in [2.75, 3.05) is 32.8 Å². The molecule has 2 heterocycles. The highest BCUT2D eigenvalue weighted by Gasteiger charge is 2.28. The summed E-state index contributed by atoms with van der Waals surface area (Å²) < 4.78 is 5.51. The molecule has 2 atom stereocenters. The molecule has 2 aliphatic rings. The summed E-state index contributed by atoms with van der Waals surface area (Å²) in [7, 11) is 0. The van der Waals surface area contributed by atoms with Gasteiger partial charge < -0.3 is 15.4 Å². The van der Waals surface area contributed by atoms with Crippen molar-refractivity contribution in [3.05, 3.63) is 35.4 Å². The number of hydrogen-bond donors (Lipinski definition) is 2. The number of halogens is 2. The van der Waals surface area contributed by atoms with Gasteiger partial charge in [-0.15, -0.1) is 24.8 Å². The highest BCUT2D eigenvalue weighted by molar-refractivity contribution is 5.85. The van der Waals surface area contributed by atoms with Crippen LogP contribution < -0.4 is 10.6 Å². The maximum Gasteiger partial charge on any atom is 0.239 e. The van der Waals surface area contributed by atoms with Gasteiger partial charge in [0.1, 0.15) is 6.04 Å². The van der Waals surface area contributed by atoms with E-state index in [1.807, 2.05) is 6.92 Å². The number of amides is 1. The van der Waals surface area contributed by atoms with Crippen LogP contribution in [-0.2, 0) is 22.5 Å². The van der Waals surface area contributed by atoms with Crippen molar-refractivity contribution in [1.29, 1.82) is 0 Å². The number of morpholine rings is 1. The van der Waals surface area contributed by atoms with Crippen molar-refractivity contribution in [3.8, 4) is 0 Å². The van der Waals surface area contributed by atoms with Gasteiger partial charge in [-0.1, -0.05) is 24.3 Å². The van der Waals surface area contributed by atoms with Crippen LogP contribution in [0, 0.1) is 0 Å². The van der Waals surface area contributed by atoms with Crippen LogP contribution >= 0.6 is 24.8 Å². The smallest absolute Gasteiger partial charge is 0.239 e. The molecule has 0 unspecified atom stereocenters. The minimum absolute atomic E-state index is 0. The van der Waals surface area contributed by atoms with Crippen molar-refractivity contribution in [1.82, 2.24) is 15.5 Å². The first-order chi connectivity index (χ1) is 10.7. The van der Waals surface area contributed by atoms with Crippen molar-refractivity contribution >= 4 is 30.7 Å². The Morgan fingerprint density at radius 3 is 2.83 bits per heavy atom. The normalized spacial score (nSPS) is 23.4. The van der Waals surface area contributed by atoms with Crippen molar-refractivity contribution < 1.29 is 9.53 Å². The molecule has 1 aromatic carbocycles. The molecular formula is C17H27Cl2N3O2. The number of hydrogen-bond acceptors (Lipinski definition) is 4. The molecule has 1 saturated heterocycles. The first-order valence-electron chi connectivity index (χ1n) is 8.16. The zero-order chi connectivity index (χ0) is 15.4. The number of nitrogens with zero attached hydrogens (tertiary/aromatic N) is 1. The summed E-state index contributed by atoms with van der Waals surface area (Å²) in [5, 5.41) is 6.25. The molecule has 0 aliphatic carbocycles. The summed E-state index contributed by atoms with van der Waals surface area (Å²) in [4.78, 5) is 14.6. The Kier molecular flexibility index (Phi) is 9.02. The van der Waals surface area contributed by atoms with Crippen molar-refractivity contribution in [3.63, 3.8) is 0 Å². The van der Waals surface area contributed by atoms with E-state index in [-0.39, 0.29) is 42.9 Å². The van der Waals surface area contributed by atoms with Crippen LogP contribution in [0.4, 0.5) is 0 Å². The second-order valence-electron chi connectivity index (χ2n) is 6.09. The van der Waals surface area contributed by atoms with Crippen LogP contribution in [0.5, 0.6) is 0 Å². The Labute approximate surface area is 156 Å². The summed E-state index contributed by atoms with van der Waals surface area (Å²) in [5.41, 5.74) is 2.87. The number of carbonyl (C=O) groups excluding carboxylic acids is 1. The fourth-order valence-corrected chi connectivity index (χ4v) is 3.22. The van der Waals surface area contributed by atoms with Crippen LogP contribution in [-0.4, -0.2) is 55.7 Å². The van der Waals surface area contributed by atoms with Gasteiger partial charge in [0.2, 0.25) is 5.91 Å². The van der Waals surface area contributed by atoms with Gasteiger partial charge in [0.25, 0.3) is 0 Å². The molecule has 7 heteroatoms. The Balaban J connectivity index is 0.00000144. The summed E-state index contributed by atoms with van der Waals surface area (Å²) in [5.74, 6) is 0.0459. The maximum atomic E-state index is 12.2. The van der Waals surface area contributed by atoms with E-state index in [0.29, 0.717) is 13.2 Å². The van der Waals surface area contributed by atoms with Gasteiger partial charge >= 0.3 is 0 Å². The Hall–Kier alpha value is -0.850. The van der Waals surface area contributed by atoms with Crippen LogP contribution in [0.15, 0.2) is 24.3 Å². The maximum absolute atomic E-state index is 12.2. The zero-order valence-corrected chi connectivity index (χ0v) is 15.6. The standard InChI is InChI=1S/C17H25N3O2.2ClH/c1-13-16(18-8-11-22-13)17(21)19-7-10-20-9-6-14-4-2-3-5-15(14)12-20;;/h2-5,13,16,18H,6-12H2,1H3,(H,19,21);2*1H/t13-,16+;;/m1../s1. The summed E-state index contributed by atoms with van der Waals surface area (Å²) in [6, 6.07) is 8.39. The quantitative estimate of drug-likeness (QED) is 0.834. The lowest BCUT2D eigenvalue weighted by molar-refractivity contribution is -0.128. The average Bonchev–Trinajstić information content (AvgIpc) is 2.55. The molecule has 5 nitrogen and oxygen atoms in total. The molecule has 0 spiro atoms. The van der Waals surface area contributed by atoms with Crippen LogP contribution in [0.2, 0.25) is 0 Å². The van der Waals surface area contributed by atoms with Crippen LogP contribution in [0.25, 0.3) is 0 Å². The molecule has 1 aromatic rings. The van der Waals surface area contributed by atoms with Gasteiger partial charge in [0.15, 0.2) is 0 Å². The minimum atomic E-state index is -0.226. The number of fused-ring (bicyclic) bond motifs is 1. The lowest BCUT2D eigenvalue weighted by Gasteiger charge is -2.31. The van der Waals surface area contributed by atoms with Gasteiger partial charge in [0.05, 0.1) is 12.7 Å². The lowest BCUT2D eigenvalue weighted by atomic mass is 10.00. The number of nitrogens with one attached hydrogen (secondary N) is 2. The van der Waals surface area contributed by atoms with Gasteiger partial charge in [-0.3, -0.25) is 9.69 Å². The van der Waals surface area contributed by atoms with E-state index < -0.39 is 0 Å². The van der Waals surface area contributed by atoms with E-state index in [2.05, 4.69) is 39.8 Å². The fourth-order valence-electron chi connectivity index (χ4n) is 3.22. The molecule has 1 amide bonds. The van der Waals surface area contributed by atoms with E-state index in [9.17, 15) is 4.79 Å². The number of ether oxygens (including phenoxy) is 1. The first kappa shape index (κ1) is 21.2. The molecule has 0 bridgehead atoms. The van der Waals surface area contributed by atoms with Crippen LogP contribution in [0.1, 0.15) is 18.1 Å². The van der Waals surface area contributed by atoms with E-state index in [0.717, 1.165) is 32.6 Å². The third kappa shape index (κ3) is 5.33. The monoisotopic (exact) mass is 375 g/mol. The second-order valence-corrected chi connectivity index (χ2v) is 6.09. The van der Waals surface area contributed by atoms with Gasteiger partial charge in [-0.2, -0.15) is 0 Å². The van der Waals surface area contributed by atoms with Crippen molar-refractivity contribution in [2.45, 2.75) is 32.0 Å². The summed E-state index contributed by atoms with van der Waals surface area (Å²) in [6.07, 6.45) is 1.04. The van der Waals surface area contributed by atoms with Gasteiger partial charge in [-0.25, -0.2) is 0 Å². The minimum Gasteiger partial charge on any atom is -0.375 e. The first-order valence-corrected chi connectivity index (χ1v) is 8.16. The third-order valence-electron chi connectivity index (χ3n) is 4.54. The second kappa shape index (κ2) is 10.2. The number of carbonyl (C=O) groups is 1. The van der Waals surface area contributed by atoms with Gasteiger partial charge in [-0.05, 0) is 24.5 Å². The molecule has 2 aliphatic heterocycles. The van der Waals surface area contributed by atoms with E-state index in [1.54, 1.807) is 0 Å². The molecule has 1 fully saturated rings. The van der Waals surface area contributed by atoms with E-state index in [1.165, 1.54) is 11.1 Å². The molecule has 24 heavy (non-hydrogen) atoms. The fraction of sp³-hybridized carbons (Fsp3) is 0.588. The number of benzene rings is 1. The highest BCUT2D eigenvalue weighted by Crippen LogP contribution is 2.17. The molecule has 0 aromatic heterocycles. The predicted molar refractivity (Wildman–Crippen MR) is 100 cm³/mol. The molecule has 0 saturated carbocycles. The van der Waals surface area contributed by atoms with E-state index in [4.69, 9.17) is 4.74 Å². The highest BCUT2D eigenvalue weighted by atomic mass is 35.5. The Bertz CT molecular complexity index is 530. The summed E-state index contributed by atoms with van der Waals surface area (Å²) in [6.45, 7) is 6.98. The largest absolute Gasteiger partial charge is 0.375 e. The zero-order valence-electron chi connectivity index (χ0n) is 14.0. The van der Waals surface area contributed by atoms with Crippen molar-refractivity contribution in [2.24, 2.45) is 0 Å². The van der Waals surface area contributed by atoms with Crippen LogP contribution in [0.3, 0.4) is 0 Å². The van der Waals surface area contributed by atoms with E-state index >= 15 is 0 Å². The lowest BCUT2D eigenvalue weighted by Crippen LogP contribution is -2.56. The topological polar surface area (TPSA) is 53.6 Å². The molecule has 2 N–H and O–H groups in total. The third-order valence-corrected chi connectivity index (χ3v) is 4.54. The molecule has 0 radical (unpaired) electrons. The average molecular weight is 376 g/mol. The summed E-state index contributed by atoms with van der Waals surface area (Å²) >= 11 is 0. The Morgan fingerprint density at radius 2 is 2.08 bits per heavy atom. The Morgan fingerprint density at radius 1 is 1.33 bits per heavy atom. The molecule has 3 rings (SSSR count). The van der Waals surface area contributed by atoms with Gasteiger partial charge in [0, 0.05) is 32.7 Å². The molecule has 136 valence electrons. The number of rotatable bonds is 4. The molecular weight excluding hydrogens is 349 g/mol.